The van der Waals surface area contributed by atoms with E-state index in [1.54, 1.807) is 11.8 Å². The van der Waals surface area contributed by atoms with Gasteiger partial charge in [0, 0.05) is 11.4 Å². The number of carbonyl (C=O) groups is 1. The Labute approximate surface area is 88.3 Å². The largest absolute Gasteiger partial charge is 0.311 e. The molecule has 0 saturated heterocycles. The number of hydrogen-bond acceptors (Lipinski definition) is 2. The molecule has 1 heterocycles. The minimum atomic E-state index is 0.0462. The summed E-state index contributed by atoms with van der Waals surface area (Å²) in [4.78, 5) is 14.9. The Morgan fingerprint density at radius 3 is 2.86 bits per heavy atom. The highest BCUT2D eigenvalue weighted by molar-refractivity contribution is 8.00. The van der Waals surface area contributed by atoms with E-state index in [0.29, 0.717) is 0 Å². The number of nitrogens with zero attached hydrogens (tertiary/aromatic N) is 1. The highest BCUT2D eigenvalue weighted by atomic mass is 32.2. The second-order valence-electron chi connectivity index (χ2n) is 3.31. The van der Waals surface area contributed by atoms with Crippen molar-refractivity contribution in [2.45, 2.75) is 24.0 Å². The molecule has 2 rings (SSSR count). The van der Waals surface area contributed by atoms with Gasteiger partial charge in [-0.2, -0.15) is 0 Å². The first kappa shape index (κ1) is 9.59. The highest BCUT2D eigenvalue weighted by Gasteiger charge is 2.28. The molecule has 1 amide bonds. The Balaban J connectivity index is 2.47. The summed E-state index contributed by atoms with van der Waals surface area (Å²) >= 11 is 1.65. The van der Waals surface area contributed by atoms with Crippen LogP contribution in [0.3, 0.4) is 0 Å². The lowest BCUT2D eigenvalue weighted by atomic mass is 10.2. The van der Waals surface area contributed by atoms with Crippen LogP contribution in [0.1, 0.15) is 13.8 Å². The molecule has 0 unspecified atom stereocenters. The Bertz CT molecular complexity index is 364. The van der Waals surface area contributed by atoms with Gasteiger partial charge in [0.2, 0.25) is 5.91 Å². The maximum atomic E-state index is 11.8. The molecule has 0 saturated carbocycles. The number of hydrogen-bond donors (Lipinski definition) is 0. The number of carbonyl (C=O) groups excluding carboxylic acids is 1. The lowest BCUT2D eigenvalue weighted by Gasteiger charge is -2.31. The molecular weight excluding hydrogens is 194 g/mol. The van der Waals surface area contributed by atoms with Gasteiger partial charge in [0.25, 0.3) is 0 Å². The van der Waals surface area contributed by atoms with Gasteiger partial charge in [-0.1, -0.05) is 12.1 Å². The topological polar surface area (TPSA) is 20.3 Å². The fourth-order valence-electron chi connectivity index (χ4n) is 1.69. The summed E-state index contributed by atoms with van der Waals surface area (Å²) < 4.78 is 0. The Hall–Kier alpha value is -0.960. The van der Waals surface area contributed by atoms with E-state index in [4.69, 9.17) is 0 Å². The quantitative estimate of drug-likeness (QED) is 0.705. The van der Waals surface area contributed by atoms with Crippen molar-refractivity contribution in [3.63, 3.8) is 0 Å². The van der Waals surface area contributed by atoms with Crippen molar-refractivity contribution in [1.29, 1.82) is 0 Å². The highest BCUT2D eigenvalue weighted by Crippen LogP contribution is 2.38. The van der Waals surface area contributed by atoms with Crippen LogP contribution in [0.2, 0.25) is 0 Å². The van der Waals surface area contributed by atoms with Gasteiger partial charge >= 0.3 is 0 Å². The number of para-hydroxylation sites is 1. The zero-order valence-corrected chi connectivity index (χ0v) is 9.17. The van der Waals surface area contributed by atoms with Gasteiger partial charge in [-0.15, -0.1) is 11.8 Å². The summed E-state index contributed by atoms with van der Waals surface area (Å²) in [5, 5.41) is 0.0462. The fraction of sp³-hybridized carbons (Fsp3) is 0.364. The summed E-state index contributed by atoms with van der Waals surface area (Å²) in [6, 6.07) is 8.08. The zero-order valence-electron chi connectivity index (χ0n) is 8.36. The number of benzene rings is 1. The number of anilines is 1. The maximum Gasteiger partial charge on any atom is 0.240 e. The molecule has 1 atom stereocenters. The Kier molecular flexibility index (Phi) is 2.50. The molecule has 0 N–H and O–H groups in total. The van der Waals surface area contributed by atoms with Gasteiger partial charge in [-0.05, 0) is 26.0 Å². The number of thioether (sulfide) groups is 1. The SMILES string of the molecule is CCN1C(=O)[C@H](C)Sc2ccccc21. The first-order valence-corrected chi connectivity index (χ1v) is 5.69. The fourth-order valence-corrected chi connectivity index (χ4v) is 2.75. The van der Waals surface area contributed by atoms with Crippen LogP contribution in [0.4, 0.5) is 5.69 Å². The normalized spacial score (nSPS) is 20.9. The third-order valence-corrected chi connectivity index (χ3v) is 3.54. The van der Waals surface area contributed by atoms with Crippen LogP contribution in [0.5, 0.6) is 0 Å². The van der Waals surface area contributed by atoms with Crippen LogP contribution >= 0.6 is 11.8 Å². The summed E-state index contributed by atoms with van der Waals surface area (Å²) in [5.41, 5.74) is 1.06. The Morgan fingerprint density at radius 1 is 1.43 bits per heavy atom. The van der Waals surface area contributed by atoms with E-state index in [0.717, 1.165) is 12.2 Å². The van der Waals surface area contributed by atoms with Crippen LogP contribution in [0, 0.1) is 0 Å². The standard InChI is InChI=1S/C11H13NOS/c1-3-12-9-6-4-5-7-10(9)14-8(2)11(12)13/h4-8H,3H2,1-2H3/t8-/m0/s1. The van der Waals surface area contributed by atoms with Gasteiger partial charge in [0.05, 0.1) is 10.9 Å². The molecule has 1 aromatic rings. The second kappa shape index (κ2) is 3.65. The Morgan fingerprint density at radius 2 is 2.14 bits per heavy atom. The van der Waals surface area contributed by atoms with Crippen molar-refractivity contribution in [2.24, 2.45) is 0 Å². The van der Waals surface area contributed by atoms with Gasteiger partial charge in [0.15, 0.2) is 0 Å². The van der Waals surface area contributed by atoms with E-state index >= 15 is 0 Å². The van der Waals surface area contributed by atoms with Crippen molar-refractivity contribution in [3.05, 3.63) is 24.3 Å². The van der Waals surface area contributed by atoms with Gasteiger partial charge in [-0.3, -0.25) is 4.79 Å². The maximum absolute atomic E-state index is 11.8. The van der Waals surface area contributed by atoms with E-state index in [1.165, 1.54) is 4.90 Å². The van der Waals surface area contributed by atoms with Crippen molar-refractivity contribution < 1.29 is 4.79 Å². The van der Waals surface area contributed by atoms with Crippen molar-refractivity contribution >= 4 is 23.4 Å². The first-order valence-electron chi connectivity index (χ1n) is 4.81. The molecule has 3 heteroatoms. The molecule has 0 aliphatic carbocycles. The van der Waals surface area contributed by atoms with E-state index in [2.05, 4.69) is 6.07 Å². The third-order valence-electron chi connectivity index (χ3n) is 2.39. The molecule has 74 valence electrons. The molecule has 1 aromatic carbocycles. The van der Waals surface area contributed by atoms with Crippen molar-refractivity contribution in [1.82, 2.24) is 0 Å². The van der Waals surface area contributed by atoms with E-state index in [9.17, 15) is 4.79 Å². The van der Waals surface area contributed by atoms with Crippen molar-refractivity contribution in [3.8, 4) is 0 Å². The molecule has 0 fully saturated rings. The van der Waals surface area contributed by atoms with Crippen LogP contribution in [-0.2, 0) is 4.79 Å². The van der Waals surface area contributed by atoms with Crippen LogP contribution in [-0.4, -0.2) is 17.7 Å². The molecule has 14 heavy (non-hydrogen) atoms. The predicted molar refractivity (Wildman–Crippen MR) is 59.8 cm³/mol. The summed E-state index contributed by atoms with van der Waals surface area (Å²) in [6.45, 7) is 4.73. The number of rotatable bonds is 1. The molecule has 0 bridgehead atoms. The summed E-state index contributed by atoms with van der Waals surface area (Å²) in [6.07, 6.45) is 0. The third kappa shape index (κ3) is 1.42. The summed E-state index contributed by atoms with van der Waals surface area (Å²) in [7, 11) is 0. The lowest BCUT2D eigenvalue weighted by molar-refractivity contribution is -0.117. The lowest BCUT2D eigenvalue weighted by Crippen LogP contribution is -2.39. The van der Waals surface area contributed by atoms with Crippen LogP contribution < -0.4 is 4.90 Å². The van der Waals surface area contributed by atoms with Gasteiger partial charge in [0.1, 0.15) is 0 Å². The van der Waals surface area contributed by atoms with Gasteiger partial charge in [-0.25, -0.2) is 0 Å². The van der Waals surface area contributed by atoms with E-state index < -0.39 is 0 Å². The molecule has 2 nitrogen and oxygen atoms in total. The number of amides is 1. The van der Waals surface area contributed by atoms with Crippen molar-refractivity contribution in [2.75, 3.05) is 11.4 Å². The van der Waals surface area contributed by atoms with Gasteiger partial charge < -0.3 is 4.90 Å². The average Bonchev–Trinajstić information content (AvgIpc) is 2.20. The van der Waals surface area contributed by atoms with E-state index in [1.807, 2.05) is 36.9 Å². The first-order chi connectivity index (χ1) is 6.74. The molecule has 0 radical (unpaired) electrons. The monoisotopic (exact) mass is 207 g/mol. The molecule has 1 aliphatic rings. The smallest absolute Gasteiger partial charge is 0.240 e. The van der Waals surface area contributed by atoms with Crippen LogP contribution in [0.15, 0.2) is 29.2 Å². The predicted octanol–water partition coefficient (Wildman–Crippen LogP) is 2.53. The van der Waals surface area contributed by atoms with E-state index in [-0.39, 0.29) is 11.2 Å². The number of fused-ring (bicyclic) bond motifs is 1. The molecule has 1 aliphatic heterocycles. The molecule has 0 spiro atoms. The minimum absolute atomic E-state index is 0.0462. The molecular formula is C11H13NOS. The van der Waals surface area contributed by atoms with Crippen LogP contribution in [0.25, 0.3) is 0 Å². The molecule has 0 aromatic heterocycles. The minimum Gasteiger partial charge on any atom is -0.311 e. The zero-order chi connectivity index (χ0) is 10.1. The second-order valence-corrected chi connectivity index (χ2v) is 4.69. The average molecular weight is 207 g/mol. The summed E-state index contributed by atoms with van der Waals surface area (Å²) in [5.74, 6) is 0.219.